The number of hydrogen-bond acceptors (Lipinski definition) is 3. The van der Waals surface area contributed by atoms with Crippen molar-refractivity contribution >= 4 is 5.91 Å². The van der Waals surface area contributed by atoms with E-state index in [9.17, 15) is 9.90 Å². The molecule has 16 heavy (non-hydrogen) atoms. The summed E-state index contributed by atoms with van der Waals surface area (Å²) in [7, 11) is 0. The van der Waals surface area contributed by atoms with Gasteiger partial charge in [-0.05, 0) is 11.3 Å². The van der Waals surface area contributed by atoms with Crippen LogP contribution < -0.4 is 5.73 Å². The number of amides is 1. The van der Waals surface area contributed by atoms with Gasteiger partial charge in [-0.3, -0.25) is 4.79 Å². The van der Waals surface area contributed by atoms with Gasteiger partial charge in [-0.25, -0.2) is 0 Å². The first-order valence-corrected chi connectivity index (χ1v) is 5.84. The molecule has 1 rings (SSSR count). The van der Waals surface area contributed by atoms with Crippen molar-refractivity contribution < 1.29 is 9.90 Å². The zero-order chi connectivity index (χ0) is 12.7. The Morgan fingerprint density at radius 3 is 2.12 bits per heavy atom. The van der Waals surface area contributed by atoms with Crippen LogP contribution in [0, 0.1) is 11.3 Å². The average molecular weight is 228 g/mol. The Labute approximate surface area is 97.8 Å². The summed E-state index contributed by atoms with van der Waals surface area (Å²) in [5, 5.41) is 10.1. The second kappa shape index (κ2) is 4.00. The van der Waals surface area contributed by atoms with Crippen LogP contribution in [0.25, 0.3) is 0 Å². The number of carbonyl (C=O) groups is 1. The molecule has 1 fully saturated rings. The molecule has 4 nitrogen and oxygen atoms in total. The number of hydrogen-bond donors (Lipinski definition) is 2. The van der Waals surface area contributed by atoms with Gasteiger partial charge in [0.25, 0.3) is 0 Å². The maximum absolute atomic E-state index is 12.0. The van der Waals surface area contributed by atoms with Gasteiger partial charge in [0.1, 0.15) is 5.60 Å². The quantitative estimate of drug-likeness (QED) is 0.727. The number of aliphatic hydroxyl groups is 1. The molecule has 0 saturated carbocycles. The number of carbonyl (C=O) groups excluding carboxylic acids is 1. The van der Waals surface area contributed by atoms with E-state index < -0.39 is 11.6 Å². The van der Waals surface area contributed by atoms with Crippen molar-refractivity contribution in [3.05, 3.63) is 0 Å². The molecule has 1 heterocycles. The number of nitrogens with two attached hydrogens (primary N) is 1. The smallest absolute Gasteiger partial charge is 0.240 e. The highest BCUT2D eigenvalue weighted by atomic mass is 16.3. The molecule has 0 spiro atoms. The van der Waals surface area contributed by atoms with Gasteiger partial charge in [-0.1, -0.05) is 34.6 Å². The van der Waals surface area contributed by atoms with Gasteiger partial charge in [0.2, 0.25) is 5.91 Å². The second-order valence-electron chi connectivity index (χ2n) is 6.30. The van der Waals surface area contributed by atoms with Crippen LogP contribution in [0.4, 0.5) is 0 Å². The standard InChI is InChI=1S/C12H24N2O2/c1-8(2)12(16)6-14(7-12)10(15)9(13)11(3,4)5/h8-9,16H,6-7,13H2,1-5H3/t9-/m0/s1. The third kappa shape index (κ3) is 2.38. The van der Waals surface area contributed by atoms with E-state index in [4.69, 9.17) is 5.73 Å². The summed E-state index contributed by atoms with van der Waals surface area (Å²) in [5.41, 5.74) is 4.95. The van der Waals surface area contributed by atoms with Gasteiger partial charge in [0.15, 0.2) is 0 Å². The van der Waals surface area contributed by atoms with Gasteiger partial charge in [-0.15, -0.1) is 0 Å². The third-order valence-corrected chi connectivity index (χ3v) is 3.51. The summed E-state index contributed by atoms with van der Waals surface area (Å²) in [6.07, 6.45) is 0. The van der Waals surface area contributed by atoms with Gasteiger partial charge >= 0.3 is 0 Å². The lowest BCUT2D eigenvalue weighted by Gasteiger charge is -2.50. The topological polar surface area (TPSA) is 66.6 Å². The van der Waals surface area contributed by atoms with E-state index in [0.717, 1.165) is 0 Å². The fourth-order valence-electron chi connectivity index (χ4n) is 1.70. The summed E-state index contributed by atoms with van der Waals surface area (Å²) < 4.78 is 0. The third-order valence-electron chi connectivity index (χ3n) is 3.51. The monoisotopic (exact) mass is 228 g/mol. The molecule has 0 bridgehead atoms. The number of rotatable bonds is 2. The van der Waals surface area contributed by atoms with E-state index in [1.165, 1.54) is 0 Å². The number of nitrogens with zero attached hydrogens (tertiary/aromatic N) is 1. The molecule has 1 saturated heterocycles. The molecule has 0 unspecified atom stereocenters. The minimum atomic E-state index is -0.715. The van der Waals surface area contributed by atoms with E-state index >= 15 is 0 Å². The van der Waals surface area contributed by atoms with Crippen LogP contribution in [0.5, 0.6) is 0 Å². The van der Waals surface area contributed by atoms with Crippen LogP contribution in [0.15, 0.2) is 0 Å². The lowest BCUT2D eigenvalue weighted by molar-refractivity contribution is -0.167. The molecule has 4 heteroatoms. The number of likely N-dealkylation sites (tertiary alicyclic amines) is 1. The van der Waals surface area contributed by atoms with Crippen molar-refractivity contribution in [3.8, 4) is 0 Å². The molecule has 0 aromatic carbocycles. The molecular formula is C12H24N2O2. The van der Waals surface area contributed by atoms with E-state index in [-0.39, 0.29) is 17.2 Å². The van der Waals surface area contributed by atoms with Crippen LogP contribution in [-0.2, 0) is 4.79 Å². The molecule has 1 amide bonds. The van der Waals surface area contributed by atoms with Crippen LogP contribution in [0.2, 0.25) is 0 Å². The van der Waals surface area contributed by atoms with Crippen molar-refractivity contribution in [3.63, 3.8) is 0 Å². The maximum atomic E-state index is 12.0. The zero-order valence-electron chi connectivity index (χ0n) is 10.9. The molecule has 1 aliphatic rings. The largest absolute Gasteiger partial charge is 0.386 e. The first-order valence-electron chi connectivity index (χ1n) is 5.84. The molecule has 1 aliphatic heterocycles. The Kier molecular flexibility index (Phi) is 3.37. The molecule has 94 valence electrons. The van der Waals surface area contributed by atoms with Crippen molar-refractivity contribution in [2.45, 2.75) is 46.3 Å². The highest BCUT2D eigenvalue weighted by Crippen LogP contribution is 2.30. The SMILES string of the molecule is CC(C)C1(O)CN(C(=O)[C@H](N)C(C)(C)C)C1. The normalized spacial score (nSPS) is 21.9. The van der Waals surface area contributed by atoms with E-state index in [2.05, 4.69) is 0 Å². The summed E-state index contributed by atoms with van der Waals surface area (Å²) in [5.74, 6) is 0.111. The van der Waals surface area contributed by atoms with Crippen molar-refractivity contribution in [2.75, 3.05) is 13.1 Å². The van der Waals surface area contributed by atoms with Gasteiger partial charge in [0, 0.05) is 0 Å². The maximum Gasteiger partial charge on any atom is 0.240 e. The molecule has 0 radical (unpaired) electrons. The Balaban J connectivity index is 2.56. The Bertz CT molecular complexity index is 275. The highest BCUT2D eigenvalue weighted by Gasteiger charge is 2.47. The van der Waals surface area contributed by atoms with Crippen LogP contribution >= 0.6 is 0 Å². The predicted octanol–water partition coefficient (Wildman–Crippen LogP) is 0.589. The molecule has 0 aromatic rings. The molecular weight excluding hydrogens is 204 g/mol. The lowest BCUT2D eigenvalue weighted by atomic mass is 9.80. The molecule has 1 atom stereocenters. The molecule has 0 aliphatic carbocycles. The highest BCUT2D eigenvalue weighted by molar-refractivity contribution is 5.83. The molecule has 3 N–H and O–H groups in total. The number of β-amino-alcohol motifs (C(OH)–C–C–N with tert-alkyl or cyclic N) is 1. The van der Waals surface area contributed by atoms with Crippen molar-refractivity contribution in [1.29, 1.82) is 0 Å². The fourth-order valence-corrected chi connectivity index (χ4v) is 1.70. The van der Waals surface area contributed by atoms with Gasteiger partial charge in [-0.2, -0.15) is 0 Å². The van der Waals surface area contributed by atoms with Crippen LogP contribution in [0.1, 0.15) is 34.6 Å². The Morgan fingerprint density at radius 2 is 1.81 bits per heavy atom. The summed E-state index contributed by atoms with van der Waals surface area (Å²) in [4.78, 5) is 13.6. The van der Waals surface area contributed by atoms with E-state index in [0.29, 0.717) is 13.1 Å². The summed E-state index contributed by atoms with van der Waals surface area (Å²) in [6, 6.07) is -0.496. The second-order valence-corrected chi connectivity index (χ2v) is 6.30. The average Bonchev–Trinajstić information content (AvgIpc) is 2.08. The van der Waals surface area contributed by atoms with Crippen LogP contribution in [-0.4, -0.2) is 40.6 Å². The Hall–Kier alpha value is -0.610. The summed E-state index contributed by atoms with van der Waals surface area (Å²) >= 11 is 0. The Morgan fingerprint density at radius 1 is 1.38 bits per heavy atom. The van der Waals surface area contributed by atoms with Gasteiger partial charge < -0.3 is 15.7 Å². The van der Waals surface area contributed by atoms with E-state index in [1.54, 1.807) is 4.90 Å². The predicted molar refractivity (Wildman–Crippen MR) is 63.8 cm³/mol. The van der Waals surface area contributed by atoms with Gasteiger partial charge in [0.05, 0.1) is 19.1 Å². The first kappa shape index (κ1) is 13.5. The fraction of sp³-hybridized carbons (Fsp3) is 0.917. The minimum absolute atomic E-state index is 0.0576. The molecule has 0 aromatic heterocycles. The first-order chi connectivity index (χ1) is 7.08. The minimum Gasteiger partial charge on any atom is -0.386 e. The van der Waals surface area contributed by atoms with Crippen LogP contribution in [0.3, 0.4) is 0 Å². The van der Waals surface area contributed by atoms with Crippen molar-refractivity contribution in [1.82, 2.24) is 4.90 Å². The zero-order valence-corrected chi connectivity index (χ0v) is 10.9. The van der Waals surface area contributed by atoms with E-state index in [1.807, 2.05) is 34.6 Å². The summed E-state index contributed by atoms with van der Waals surface area (Å²) in [6.45, 7) is 10.6. The lowest BCUT2D eigenvalue weighted by Crippen LogP contribution is -2.69. The van der Waals surface area contributed by atoms with Crippen molar-refractivity contribution in [2.24, 2.45) is 17.1 Å².